The number of carbonyl (C=O) groups excluding carboxylic acids is 1. The maximum atomic E-state index is 14.1. The summed E-state index contributed by atoms with van der Waals surface area (Å²) in [7, 11) is 2.92. The number of nitrogens with one attached hydrogen (secondary N) is 1. The minimum absolute atomic E-state index is 0.0844. The van der Waals surface area contributed by atoms with Gasteiger partial charge in [-0.1, -0.05) is 11.2 Å². The zero-order chi connectivity index (χ0) is 23.5. The highest BCUT2D eigenvalue weighted by atomic mass is 19.1. The van der Waals surface area contributed by atoms with Gasteiger partial charge < -0.3 is 24.4 Å². The fourth-order valence-corrected chi connectivity index (χ4v) is 3.89. The van der Waals surface area contributed by atoms with E-state index in [1.807, 2.05) is 13.0 Å². The minimum Gasteiger partial charge on any atom is -0.502 e. The molecule has 4 rings (SSSR count). The van der Waals surface area contributed by atoms with Crippen LogP contribution < -0.4 is 14.8 Å². The normalized spacial score (nSPS) is 13.9. The fraction of sp³-hybridized carbons (Fsp3) is 0.200. The largest absolute Gasteiger partial charge is 0.502 e. The number of phenolic OH excluding ortho intramolecular Hbond substituents is 1. The predicted molar refractivity (Wildman–Crippen MR) is 121 cm³/mol. The highest BCUT2D eigenvalue weighted by Gasteiger charge is 2.25. The third kappa shape index (κ3) is 4.45. The number of nitrogens with zero attached hydrogens (tertiary/aromatic N) is 1. The van der Waals surface area contributed by atoms with Crippen LogP contribution in [0.25, 0.3) is 17.2 Å². The van der Waals surface area contributed by atoms with Gasteiger partial charge in [-0.2, -0.15) is 0 Å². The number of carbonyl (C=O) groups is 1. The van der Waals surface area contributed by atoms with Crippen molar-refractivity contribution in [1.29, 1.82) is 0 Å². The lowest BCUT2D eigenvalue weighted by molar-refractivity contribution is -0.120. The van der Waals surface area contributed by atoms with E-state index in [4.69, 9.17) is 14.0 Å². The Hall–Kier alpha value is -4.07. The Labute approximate surface area is 190 Å². The summed E-state index contributed by atoms with van der Waals surface area (Å²) in [5, 5.41) is 16.8. The second kappa shape index (κ2) is 9.20. The molecule has 0 bridgehead atoms. The van der Waals surface area contributed by atoms with E-state index in [0.717, 1.165) is 33.4 Å². The maximum Gasteiger partial charge on any atom is 0.226 e. The van der Waals surface area contributed by atoms with Crippen molar-refractivity contribution in [3.8, 4) is 17.2 Å². The van der Waals surface area contributed by atoms with Crippen molar-refractivity contribution in [3.05, 3.63) is 76.4 Å². The molecular formula is C25H23FN2O5. The number of phenols is 1. The van der Waals surface area contributed by atoms with Crippen LogP contribution in [0.3, 0.4) is 0 Å². The zero-order valence-electron chi connectivity index (χ0n) is 18.4. The van der Waals surface area contributed by atoms with E-state index < -0.39 is 0 Å². The highest BCUT2D eigenvalue weighted by molar-refractivity contribution is 6.06. The van der Waals surface area contributed by atoms with Gasteiger partial charge in [0.15, 0.2) is 11.5 Å². The lowest BCUT2D eigenvalue weighted by Gasteiger charge is -2.11. The van der Waals surface area contributed by atoms with Crippen LogP contribution in [0.1, 0.15) is 29.3 Å². The molecule has 0 unspecified atom stereocenters. The van der Waals surface area contributed by atoms with Crippen molar-refractivity contribution >= 4 is 23.1 Å². The number of amides is 1. The summed E-state index contributed by atoms with van der Waals surface area (Å²) in [6.07, 6.45) is 3.42. The van der Waals surface area contributed by atoms with E-state index in [2.05, 4.69) is 10.5 Å². The van der Waals surface area contributed by atoms with Crippen LogP contribution in [0, 0.1) is 5.82 Å². The van der Waals surface area contributed by atoms with Crippen molar-refractivity contribution in [3.63, 3.8) is 0 Å². The first-order chi connectivity index (χ1) is 15.9. The summed E-state index contributed by atoms with van der Waals surface area (Å²) >= 11 is 0. The first-order valence-corrected chi connectivity index (χ1v) is 10.2. The molecule has 0 radical (unpaired) electrons. The number of halogens is 1. The van der Waals surface area contributed by atoms with E-state index in [9.17, 15) is 14.3 Å². The molecule has 33 heavy (non-hydrogen) atoms. The Morgan fingerprint density at radius 1 is 1.15 bits per heavy atom. The number of rotatable bonds is 7. The third-order valence-corrected chi connectivity index (χ3v) is 5.56. The van der Waals surface area contributed by atoms with Gasteiger partial charge in [0, 0.05) is 12.6 Å². The number of fused-ring (bicyclic) bond motifs is 1. The van der Waals surface area contributed by atoms with Gasteiger partial charge in [-0.15, -0.1) is 0 Å². The lowest BCUT2D eigenvalue weighted by Crippen LogP contribution is -2.27. The van der Waals surface area contributed by atoms with Gasteiger partial charge in [0.2, 0.25) is 11.7 Å². The van der Waals surface area contributed by atoms with Gasteiger partial charge in [-0.3, -0.25) is 4.79 Å². The van der Waals surface area contributed by atoms with Crippen LogP contribution in [0.4, 0.5) is 4.39 Å². The Morgan fingerprint density at radius 2 is 1.88 bits per heavy atom. The molecule has 3 aromatic rings. The van der Waals surface area contributed by atoms with E-state index >= 15 is 0 Å². The van der Waals surface area contributed by atoms with Crippen molar-refractivity contribution in [2.75, 3.05) is 20.8 Å². The molecule has 1 amide bonds. The molecule has 1 aliphatic carbocycles. The molecule has 7 nitrogen and oxygen atoms in total. The summed E-state index contributed by atoms with van der Waals surface area (Å²) < 4.78 is 29.4. The average Bonchev–Trinajstić information content (AvgIpc) is 3.39. The molecule has 0 saturated heterocycles. The van der Waals surface area contributed by atoms with Crippen molar-refractivity contribution in [2.24, 2.45) is 0 Å². The molecule has 2 N–H and O–H groups in total. The van der Waals surface area contributed by atoms with Crippen LogP contribution in [0.2, 0.25) is 0 Å². The zero-order valence-corrected chi connectivity index (χ0v) is 18.4. The monoisotopic (exact) mass is 450 g/mol. The molecule has 1 aromatic heterocycles. The van der Waals surface area contributed by atoms with Gasteiger partial charge in [-0.05, 0) is 70.7 Å². The smallest absolute Gasteiger partial charge is 0.226 e. The first-order valence-electron chi connectivity index (χ1n) is 10.2. The summed E-state index contributed by atoms with van der Waals surface area (Å²) in [6.45, 7) is 2.16. The van der Waals surface area contributed by atoms with Gasteiger partial charge in [0.05, 0.1) is 26.3 Å². The summed E-state index contributed by atoms with van der Waals surface area (Å²) in [5.74, 6) is -0.102. The summed E-state index contributed by atoms with van der Waals surface area (Å²) in [5.41, 5.74) is 5.44. The summed E-state index contributed by atoms with van der Waals surface area (Å²) in [6, 6.07) is 9.61. The number of hydrogen-bond donors (Lipinski definition) is 2. The first kappa shape index (κ1) is 22.1. The number of aromatic nitrogens is 1. The lowest BCUT2D eigenvalue weighted by atomic mass is 10.00. The predicted octanol–water partition coefficient (Wildman–Crippen LogP) is 4.22. The van der Waals surface area contributed by atoms with Crippen LogP contribution in [-0.4, -0.2) is 36.9 Å². The number of aromatic hydroxyl groups is 1. The molecule has 1 aliphatic rings. The fourth-order valence-electron chi connectivity index (χ4n) is 3.89. The number of benzene rings is 2. The molecule has 170 valence electrons. The Balaban J connectivity index is 1.69. The topological polar surface area (TPSA) is 93.8 Å². The molecule has 0 saturated carbocycles. The van der Waals surface area contributed by atoms with Crippen LogP contribution in [0.15, 0.2) is 52.8 Å². The van der Waals surface area contributed by atoms with E-state index in [0.29, 0.717) is 5.69 Å². The average molecular weight is 450 g/mol. The van der Waals surface area contributed by atoms with Crippen molar-refractivity contribution in [1.82, 2.24) is 10.5 Å². The highest BCUT2D eigenvalue weighted by Crippen LogP contribution is 2.44. The minimum atomic E-state index is -0.359. The number of ether oxygens (including phenoxy) is 2. The SMILES string of the molecule is COc1cc(C=C2C(C)=C(CNC(=O)Cc3ccon3)c3cc(F)ccc32)cc(OC)c1O. The maximum absolute atomic E-state index is 14.1. The van der Waals surface area contributed by atoms with Crippen LogP contribution >= 0.6 is 0 Å². The van der Waals surface area contributed by atoms with E-state index in [-0.39, 0.29) is 41.9 Å². The molecule has 0 atom stereocenters. The summed E-state index contributed by atoms with van der Waals surface area (Å²) in [4.78, 5) is 12.3. The van der Waals surface area contributed by atoms with E-state index in [1.165, 1.54) is 32.6 Å². The second-order valence-corrected chi connectivity index (χ2v) is 7.57. The van der Waals surface area contributed by atoms with Gasteiger partial charge in [0.25, 0.3) is 0 Å². The third-order valence-electron chi connectivity index (χ3n) is 5.56. The second-order valence-electron chi connectivity index (χ2n) is 7.57. The Kier molecular flexibility index (Phi) is 6.17. The van der Waals surface area contributed by atoms with Gasteiger partial charge in [0.1, 0.15) is 12.1 Å². The Bertz CT molecular complexity index is 1240. The van der Waals surface area contributed by atoms with Crippen molar-refractivity contribution in [2.45, 2.75) is 13.3 Å². The molecule has 0 spiro atoms. The van der Waals surface area contributed by atoms with Gasteiger partial charge >= 0.3 is 0 Å². The molecule has 1 heterocycles. The number of methoxy groups -OCH3 is 2. The number of allylic oxidation sites excluding steroid dienone is 2. The standard InChI is InChI=1S/C25H23FN2O5/c1-14-19(8-15-9-22(31-2)25(30)23(10-15)32-3)18-5-4-16(26)11-20(18)21(14)13-27-24(29)12-17-6-7-33-28-17/h4-11,30H,12-13H2,1-3H3,(H,27,29). The van der Waals surface area contributed by atoms with Crippen LogP contribution in [0.5, 0.6) is 17.2 Å². The quantitative estimate of drug-likeness (QED) is 0.560. The molecule has 8 heteroatoms. The molecular weight excluding hydrogens is 427 g/mol. The van der Waals surface area contributed by atoms with Crippen LogP contribution in [-0.2, 0) is 11.2 Å². The Morgan fingerprint density at radius 3 is 2.52 bits per heavy atom. The van der Waals surface area contributed by atoms with Crippen molar-refractivity contribution < 1.29 is 28.3 Å². The van der Waals surface area contributed by atoms with Gasteiger partial charge in [-0.25, -0.2) is 4.39 Å². The van der Waals surface area contributed by atoms with E-state index in [1.54, 1.807) is 24.3 Å². The molecule has 0 aliphatic heterocycles. The number of hydrogen-bond acceptors (Lipinski definition) is 6. The molecule has 0 fully saturated rings. The molecule has 2 aromatic carbocycles.